The second-order valence-corrected chi connectivity index (χ2v) is 6.97. The molecule has 0 amide bonds. The van der Waals surface area contributed by atoms with Crippen molar-refractivity contribution in [3.63, 3.8) is 0 Å². The third-order valence-electron chi connectivity index (χ3n) is 4.57. The highest BCUT2D eigenvalue weighted by Crippen LogP contribution is 2.14. The summed E-state index contributed by atoms with van der Waals surface area (Å²) in [6.45, 7) is 2.20. The number of carboxylic acids is 1. The molecule has 0 radical (unpaired) electrons. The summed E-state index contributed by atoms with van der Waals surface area (Å²) in [6, 6.07) is 0. The van der Waals surface area contributed by atoms with E-state index in [1.165, 1.54) is 77.0 Å². The Hall–Kier alpha value is -0.570. The van der Waals surface area contributed by atoms with Gasteiger partial charge >= 0.3 is 5.97 Å². The average Bonchev–Trinajstić information content (AvgIpc) is 2.51. The maximum Gasteiger partial charge on any atom is 0.303 e. The Morgan fingerprint density at radius 3 is 1.52 bits per heavy atom. The van der Waals surface area contributed by atoms with Crippen molar-refractivity contribution in [1.29, 1.82) is 0 Å². The van der Waals surface area contributed by atoms with Crippen LogP contribution in [-0.4, -0.2) is 22.3 Å². The largest absolute Gasteiger partial charge is 0.481 e. The van der Waals surface area contributed by atoms with Gasteiger partial charge in [0.15, 0.2) is 0 Å². The van der Waals surface area contributed by atoms with Crippen LogP contribution in [0.25, 0.3) is 0 Å². The molecule has 23 heavy (non-hydrogen) atoms. The van der Waals surface area contributed by atoms with Crippen LogP contribution >= 0.6 is 0 Å². The molecule has 0 aromatic rings. The van der Waals surface area contributed by atoms with Crippen LogP contribution in [0.1, 0.15) is 116 Å². The van der Waals surface area contributed by atoms with Gasteiger partial charge in [-0.3, -0.25) is 4.79 Å². The number of aliphatic hydroxyl groups is 1. The second-order valence-electron chi connectivity index (χ2n) is 6.97. The predicted molar refractivity (Wildman–Crippen MR) is 97.8 cm³/mol. The summed E-state index contributed by atoms with van der Waals surface area (Å²) in [5.41, 5.74) is 0. The molecule has 0 aliphatic rings. The molecule has 0 aromatic heterocycles. The number of aliphatic carboxylic acids is 1. The molecule has 3 nitrogen and oxygen atoms in total. The summed E-state index contributed by atoms with van der Waals surface area (Å²) < 4.78 is 0. The van der Waals surface area contributed by atoms with Crippen LogP contribution in [-0.2, 0) is 4.79 Å². The fourth-order valence-corrected chi connectivity index (χ4v) is 3.02. The van der Waals surface area contributed by atoms with Crippen LogP contribution in [0.15, 0.2) is 0 Å². The van der Waals surface area contributed by atoms with Crippen molar-refractivity contribution in [2.24, 2.45) is 0 Å². The minimum absolute atomic E-state index is 0.0670. The molecule has 1 atom stereocenters. The molecule has 0 bridgehead atoms. The maximum absolute atomic E-state index is 10.4. The molecule has 0 aliphatic carbocycles. The summed E-state index contributed by atoms with van der Waals surface area (Å²) >= 11 is 0. The number of carbonyl (C=O) groups is 1. The normalized spacial score (nSPS) is 12.4. The lowest BCUT2D eigenvalue weighted by Crippen LogP contribution is -2.05. The number of hydrogen-bond donors (Lipinski definition) is 2. The van der Waals surface area contributed by atoms with Gasteiger partial charge in [-0.15, -0.1) is 0 Å². The van der Waals surface area contributed by atoms with Gasteiger partial charge in [0.1, 0.15) is 0 Å². The first-order valence-corrected chi connectivity index (χ1v) is 10.1. The molecule has 0 fully saturated rings. The molecule has 0 saturated carbocycles. The van der Waals surface area contributed by atoms with E-state index in [0.717, 1.165) is 25.7 Å². The third kappa shape index (κ3) is 19.4. The summed E-state index contributed by atoms with van der Waals surface area (Å²) in [6.07, 6.45) is 19.2. The van der Waals surface area contributed by atoms with E-state index < -0.39 is 5.97 Å². The van der Waals surface area contributed by atoms with Gasteiger partial charge in [0.2, 0.25) is 0 Å². The monoisotopic (exact) mass is 328 g/mol. The Kier molecular flexibility index (Phi) is 17.3. The Morgan fingerprint density at radius 1 is 0.696 bits per heavy atom. The lowest BCUT2D eigenvalue weighted by Gasteiger charge is -2.09. The fourth-order valence-electron chi connectivity index (χ4n) is 3.02. The molecule has 0 unspecified atom stereocenters. The van der Waals surface area contributed by atoms with Gasteiger partial charge in [-0.1, -0.05) is 90.4 Å². The zero-order chi connectivity index (χ0) is 17.2. The van der Waals surface area contributed by atoms with E-state index in [9.17, 15) is 9.90 Å². The van der Waals surface area contributed by atoms with Crippen molar-refractivity contribution >= 4 is 5.97 Å². The van der Waals surface area contributed by atoms with E-state index >= 15 is 0 Å². The van der Waals surface area contributed by atoms with Crippen molar-refractivity contribution in [1.82, 2.24) is 0 Å². The topological polar surface area (TPSA) is 57.5 Å². The summed E-state index contributed by atoms with van der Waals surface area (Å²) in [7, 11) is 0. The Morgan fingerprint density at radius 2 is 1.09 bits per heavy atom. The Balaban J connectivity index is 3.09. The number of rotatable bonds is 18. The van der Waals surface area contributed by atoms with Crippen LogP contribution in [0.2, 0.25) is 0 Å². The predicted octanol–water partition coefficient (Wildman–Crippen LogP) is 6.08. The fraction of sp³-hybridized carbons (Fsp3) is 0.950. The number of hydrogen-bond acceptors (Lipinski definition) is 2. The molecular weight excluding hydrogens is 288 g/mol. The summed E-state index contributed by atoms with van der Waals surface area (Å²) in [4.78, 5) is 10.4. The van der Waals surface area contributed by atoms with E-state index in [1.807, 2.05) is 0 Å². The standard InChI is InChI=1S/C20H40O3/c1-2-3-13-16-19(21)17-14-11-9-7-5-4-6-8-10-12-15-18-20(22)23/h19,21H,2-18H2,1H3,(H,22,23)/t19-/m0/s1. The first-order valence-electron chi connectivity index (χ1n) is 10.1. The van der Waals surface area contributed by atoms with Gasteiger partial charge in [0.25, 0.3) is 0 Å². The highest BCUT2D eigenvalue weighted by molar-refractivity contribution is 5.66. The highest BCUT2D eigenvalue weighted by atomic mass is 16.4. The third-order valence-corrected chi connectivity index (χ3v) is 4.57. The number of aliphatic hydroxyl groups excluding tert-OH is 1. The SMILES string of the molecule is CCCCC[C@H](O)CCCCCCCCCCCCCC(=O)O. The highest BCUT2D eigenvalue weighted by Gasteiger charge is 2.03. The molecule has 138 valence electrons. The number of unbranched alkanes of at least 4 members (excludes halogenated alkanes) is 12. The van der Waals surface area contributed by atoms with Crippen LogP contribution in [0.3, 0.4) is 0 Å². The smallest absolute Gasteiger partial charge is 0.303 e. The summed E-state index contributed by atoms with van der Waals surface area (Å²) in [5.74, 6) is -0.668. The van der Waals surface area contributed by atoms with Crippen molar-refractivity contribution in [3.8, 4) is 0 Å². The van der Waals surface area contributed by atoms with Crippen LogP contribution < -0.4 is 0 Å². The van der Waals surface area contributed by atoms with E-state index in [1.54, 1.807) is 0 Å². The van der Waals surface area contributed by atoms with Gasteiger partial charge in [-0.2, -0.15) is 0 Å². The minimum Gasteiger partial charge on any atom is -0.481 e. The first kappa shape index (κ1) is 22.4. The van der Waals surface area contributed by atoms with Gasteiger partial charge in [-0.05, 0) is 19.3 Å². The van der Waals surface area contributed by atoms with E-state index in [-0.39, 0.29) is 6.10 Å². The van der Waals surface area contributed by atoms with E-state index in [2.05, 4.69) is 6.92 Å². The zero-order valence-corrected chi connectivity index (χ0v) is 15.4. The lowest BCUT2D eigenvalue weighted by molar-refractivity contribution is -0.137. The van der Waals surface area contributed by atoms with Crippen molar-refractivity contribution < 1.29 is 15.0 Å². The zero-order valence-electron chi connectivity index (χ0n) is 15.4. The minimum atomic E-state index is -0.668. The molecule has 2 N–H and O–H groups in total. The first-order chi connectivity index (χ1) is 11.2. The van der Waals surface area contributed by atoms with Crippen LogP contribution in [0.5, 0.6) is 0 Å². The average molecular weight is 329 g/mol. The van der Waals surface area contributed by atoms with Crippen molar-refractivity contribution in [3.05, 3.63) is 0 Å². The summed E-state index contributed by atoms with van der Waals surface area (Å²) in [5, 5.41) is 18.4. The molecular formula is C20H40O3. The molecule has 0 heterocycles. The Labute approximate surface area is 143 Å². The van der Waals surface area contributed by atoms with Gasteiger partial charge in [-0.25, -0.2) is 0 Å². The molecule has 0 aliphatic heterocycles. The maximum atomic E-state index is 10.4. The van der Waals surface area contributed by atoms with Gasteiger partial charge < -0.3 is 10.2 Å². The van der Waals surface area contributed by atoms with Crippen molar-refractivity contribution in [2.75, 3.05) is 0 Å². The van der Waals surface area contributed by atoms with Crippen LogP contribution in [0, 0.1) is 0 Å². The number of carboxylic acid groups (broad SMARTS) is 1. The Bertz CT molecular complexity index is 253. The second kappa shape index (κ2) is 17.8. The van der Waals surface area contributed by atoms with Gasteiger partial charge in [0, 0.05) is 6.42 Å². The van der Waals surface area contributed by atoms with Gasteiger partial charge in [0.05, 0.1) is 6.10 Å². The van der Waals surface area contributed by atoms with E-state index in [0.29, 0.717) is 6.42 Å². The van der Waals surface area contributed by atoms with E-state index in [4.69, 9.17) is 5.11 Å². The molecule has 0 aromatic carbocycles. The van der Waals surface area contributed by atoms with Crippen molar-refractivity contribution in [2.45, 2.75) is 122 Å². The molecule has 3 heteroatoms. The molecule has 0 rings (SSSR count). The lowest BCUT2D eigenvalue weighted by atomic mass is 10.0. The quantitative estimate of drug-likeness (QED) is 0.300. The molecule has 0 spiro atoms. The molecule has 0 saturated heterocycles. The van der Waals surface area contributed by atoms with Crippen LogP contribution in [0.4, 0.5) is 0 Å².